The minimum atomic E-state index is -1.35. The van der Waals surface area contributed by atoms with Crippen molar-refractivity contribution < 1.29 is 4.79 Å². The number of aromatic nitrogens is 1. The van der Waals surface area contributed by atoms with Crippen LogP contribution in [0.15, 0.2) is 17.1 Å². The summed E-state index contributed by atoms with van der Waals surface area (Å²) in [6, 6.07) is 1.45. The van der Waals surface area contributed by atoms with Crippen LogP contribution < -0.4 is 5.43 Å². The predicted molar refractivity (Wildman–Crippen MR) is 72.1 cm³/mol. The zero-order valence-corrected chi connectivity index (χ0v) is 12.1. The maximum Gasteiger partial charge on any atom is 0.258 e. The summed E-state index contributed by atoms with van der Waals surface area (Å²) in [5.41, 5.74) is 0.768. The van der Waals surface area contributed by atoms with Crippen molar-refractivity contribution in [3.63, 3.8) is 0 Å². The molecule has 0 aromatic carbocycles. The first-order valence-electron chi connectivity index (χ1n) is 5.65. The Hall–Kier alpha value is -1.36. The third-order valence-corrected chi connectivity index (χ3v) is 3.77. The molecule has 0 bridgehead atoms. The normalized spacial score (nSPS) is 11.4. The summed E-state index contributed by atoms with van der Waals surface area (Å²) in [7, 11) is 0.398. The number of nitrogens with zero attached hydrogens (tertiary/aromatic N) is 1. The van der Waals surface area contributed by atoms with Crippen LogP contribution in [-0.4, -0.2) is 37.1 Å². The minimum absolute atomic E-state index is 0.200. The fourth-order valence-corrected chi connectivity index (χ4v) is 3.30. The molecule has 5 heteroatoms. The Kier molecular flexibility index (Phi) is 3.93. The van der Waals surface area contributed by atoms with E-state index < -0.39 is 8.07 Å². The molecule has 0 radical (unpaired) electrons. The summed E-state index contributed by atoms with van der Waals surface area (Å²) in [6.07, 6.45) is 2.25. The van der Waals surface area contributed by atoms with Crippen LogP contribution in [-0.2, 0) is 0 Å². The lowest BCUT2D eigenvalue weighted by atomic mass is 10.2. The van der Waals surface area contributed by atoms with Gasteiger partial charge in [-0.3, -0.25) is 9.59 Å². The fourth-order valence-electron chi connectivity index (χ4n) is 1.73. The Morgan fingerprint density at radius 2 is 2.00 bits per heavy atom. The number of hydrogen-bond acceptors (Lipinski definition) is 2. The molecule has 0 spiro atoms. The Morgan fingerprint density at radius 1 is 1.41 bits per heavy atom. The third-order valence-electron chi connectivity index (χ3n) is 2.35. The first-order valence-corrected chi connectivity index (χ1v) is 9.36. The van der Waals surface area contributed by atoms with Crippen molar-refractivity contribution in [1.29, 1.82) is 0 Å². The highest BCUT2D eigenvalue weighted by molar-refractivity contribution is 6.76. The monoisotopic (exact) mass is 252 g/mol. The molecule has 1 heterocycles. The maximum atomic E-state index is 12.1. The van der Waals surface area contributed by atoms with Gasteiger partial charge in [0.1, 0.15) is 5.56 Å². The van der Waals surface area contributed by atoms with Gasteiger partial charge in [0.05, 0.1) is 8.07 Å². The lowest BCUT2D eigenvalue weighted by Gasteiger charge is -2.24. The average Bonchev–Trinajstić information content (AvgIpc) is 2.14. The minimum Gasteiger partial charge on any atom is -0.364 e. The number of amides is 1. The number of carbonyl (C=O) groups is 1. The van der Waals surface area contributed by atoms with E-state index in [1.807, 2.05) is 0 Å². The number of rotatable bonds is 3. The molecule has 94 valence electrons. The Morgan fingerprint density at radius 3 is 2.47 bits per heavy atom. The van der Waals surface area contributed by atoms with Crippen LogP contribution in [0.5, 0.6) is 0 Å². The highest BCUT2D eigenvalue weighted by Crippen LogP contribution is 2.05. The van der Waals surface area contributed by atoms with Gasteiger partial charge in [0, 0.05) is 31.2 Å². The smallest absolute Gasteiger partial charge is 0.258 e. The number of aryl methyl sites for hydroxylation is 1. The molecule has 1 aromatic heterocycles. The third kappa shape index (κ3) is 3.85. The molecule has 0 fully saturated rings. The molecule has 0 aliphatic carbocycles. The van der Waals surface area contributed by atoms with Crippen molar-refractivity contribution in [2.45, 2.75) is 26.6 Å². The highest BCUT2D eigenvalue weighted by Gasteiger charge is 2.21. The zero-order chi connectivity index (χ0) is 13.2. The molecular formula is C12H20N2O2Si. The van der Waals surface area contributed by atoms with Crippen molar-refractivity contribution >= 4 is 14.0 Å². The Labute approximate surface area is 103 Å². The van der Waals surface area contributed by atoms with Gasteiger partial charge in [-0.2, -0.15) is 0 Å². The molecule has 0 saturated heterocycles. The van der Waals surface area contributed by atoms with Crippen molar-refractivity contribution in [2.75, 3.05) is 13.2 Å². The molecule has 4 nitrogen and oxygen atoms in total. The zero-order valence-electron chi connectivity index (χ0n) is 11.1. The lowest BCUT2D eigenvalue weighted by Crippen LogP contribution is -2.42. The van der Waals surface area contributed by atoms with E-state index in [9.17, 15) is 9.59 Å². The topological polar surface area (TPSA) is 53.2 Å². The molecule has 0 unspecified atom stereocenters. The molecular weight excluding hydrogens is 232 g/mol. The summed E-state index contributed by atoms with van der Waals surface area (Å²) in [6.45, 7) is 8.36. The molecule has 0 aliphatic rings. The second kappa shape index (κ2) is 4.87. The Bertz CT molecular complexity index is 474. The summed E-state index contributed by atoms with van der Waals surface area (Å²) in [4.78, 5) is 28.3. The highest BCUT2D eigenvalue weighted by atomic mass is 28.3. The van der Waals surface area contributed by atoms with E-state index in [4.69, 9.17) is 0 Å². The molecule has 1 amide bonds. The van der Waals surface area contributed by atoms with E-state index in [1.54, 1.807) is 18.9 Å². The van der Waals surface area contributed by atoms with E-state index in [0.717, 1.165) is 11.9 Å². The number of aromatic amines is 1. The van der Waals surface area contributed by atoms with Crippen LogP contribution in [0.1, 0.15) is 16.1 Å². The quantitative estimate of drug-likeness (QED) is 0.831. The van der Waals surface area contributed by atoms with Gasteiger partial charge in [-0.15, -0.1) is 0 Å². The van der Waals surface area contributed by atoms with Crippen LogP contribution in [0.4, 0.5) is 0 Å². The van der Waals surface area contributed by atoms with Crippen molar-refractivity contribution in [3.8, 4) is 0 Å². The molecule has 0 saturated carbocycles. The SMILES string of the molecule is Cc1cc(=O)c(C(=O)N(C)C[Si](C)(C)C)c[nH]1. The van der Waals surface area contributed by atoms with Crippen LogP contribution in [0.3, 0.4) is 0 Å². The second-order valence-corrected chi connectivity index (χ2v) is 11.1. The van der Waals surface area contributed by atoms with Gasteiger partial charge in [-0.05, 0) is 6.92 Å². The van der Waals surface area contributed by atoms with Gasteiger partial charge >= 0.3 is 0 Å². The van der Waals surface area contributed by atoms with E-state index in [2.05, 4.69) is 24.6 Å². The number of nitrogens with one attached hydrogen (secondary N) is 1. The molecule has 0 atom stereocenters. The first kappa shape index (κ1) is 13.7. The standard InChI is InChI=1S/C12H20N2O2Si/c1-9-6-11(15)10(7-13-9)12(16)14(2)8-17(3,4)5/h6-7H,8H2,1-5H3,(H,13,15). The summed E-state index contributed by atoms with van der Waals surface area (Å²) < 4.78 is 0. The van der Waals surface area contributed by atoms with Crippen LogP contribution in [0.2, 0.25) is 19.6 Å². The maximum absolute atomic E-state index is 12.1. The fraction of sp³-hybridized carbons (Fsp3) is 0.500. The van der Waals surface area contributed by atoms with Crippen LogP contribution in [0.25, 0.3) is 0 Å². The number of pyridine rings is 1. The van der Waals surface area contributed by atoms with Crippen molar-refractivity contribution in [2.24, 2.45) is 0 Å². The number of carbonyl (C=O) groups excluding carboxylic acids is 1. The lowest BCUT2D eigenvalue weighted by molar-refractivity contribution is 0.0813. The average molecular weight is 252 g/mol. The summed E-state index contributed by atoms with van der Waals surface area (Å²) in [5, 5.41) is 0. The molecule has 1 aromatic rings. The largest absolute Gasteiger partial charge is 0.364 e. The predicted octanol–water partition coefficient (Wildman–Crippen LogP) is 1.63. The Balaban J connectivity index is 2.93. The molecule has 1 N–H and O–H groups in total. The summed E-state index contributed by atoms with van der Waals surface area (Å²) in [5.74, 6) is -0.200. The number of H-pyrrole nitrogens is 1. The molecule has 17 heavy (non-hydrogen) atoms. The van der Waals surface area contributed by atoms with Gasteiger partial charge in [0.25, 0.3) is 5.91 Å². The van der Waals surface area contributed by atoms with Gasteiger partial charge < -0.3 is 9.88 Å². The van der Waals surface area contributed by atoms with E-state index >= 15 is 0 Å². The van der Waals surface area contributed by atoms with Crippen LogP contribution >= 0.6 is 0 Å². The first-order chi connectivity index (χ1) is 7.70. The van der Waals surface area contributed by atoms with Crippen LogP contribution in [0, 0.1) is 6.92 Å². The molecule has 1 rings (SSSR count). The van der Waals surface area contributed by atoms with Crippen molar-refractivity contribution in [3.05, 3.63) is 33.7 Å². The van der Waals surface area contributed by atoms with Crippen molar-refractivity contribution in [1.82, 2.24) is 9.88 Å². The van der Waals surface area contributed by atoms with E-state index in [0.29, 0.717) is 0 Å². The molecule has 0 aliphatic heterocycles. The van der Waals surface area contributed by atoms with Gasteiger partial charge in [-0.25, -0.2) is 0 Å². The second-order valence-electron chi connectivity index (χ2n) is 5.62. The van der Waals surface area contributed by atoms with Gasteiger partial charge in [0.15, 0.2) is 5.43 Å². The van der Waals surface area contributed by atoms with E-state index in [-0.39, 0.29) is 16.9 Å². The van der Waals surface area contributed by atoms with Gasteiger partial charge in [-0.1, -0.05) is 19.6 Å². The summed E-state index contributed by atoms with van der Waals surface area (Å²) >= 11 is 0. The van der Waals surface area contributed by atoms with E-state index in [1.165, 1.54) is 12.3 Å². The van der Waals surface area contributed by atoms with Gasteiger partial charge in [0.2, 0.25) is 0 Å². The number of hydrogen-bond donors (Lipinski definition) is 1.